The van der Waals surface area contributed by atoms with Gasteiger partial charge in [-0.25, -0.2) is 4.39 Å². The standard InChI is InChI=1S/C14H20FNO/c1-2-6-17-14-8-12(7-13(15)9-14)11-4-3-5-16-10-11/h7-9,11,16H,2-6,10H2,1H3. The van der Waals surface area contributed by atoms with Crippen LogP contribution in [0.4, 0.5) is 4.39 Å². The minimum absolute atomic E-state index is 0.195. The Hall–Kier alpha value is -1.09. The van der Waals surface area contributed by atoms with Crippen molar-refractivity contribution in [2.45, 2.75) is 32.1 Å². The fourth-order valence-electron chi connectivity index (χ4n) is 2.26. The zero-order chi connectivity index (χ0) is 12.1. The smallest absolute Gasteiger partial charge is 0.127 e. The van der Waals surface area contributed by atoms with Crippen LogP contribution >= 0.6 is 0 Å². The van der Waals surface area contributed by atoms with E-state index >= 15 is 0 Å². The zero-order valence-electron chi connectivity index (χ0n) is 10.3. The lowest BCUT2D eigenvalue weighted by atomic mass is 9.91. The second kappa shape index (κ2) is 6.01. The van der Waals surface area contributed by atoms with E-state index in [9.17, 15) is 4.39 Å². The van der Waals surface area contributed by atoms with Gasteiger partial charge in [-0.3, -0.25) is 0 Å². The number of halogens is 1. The van der Waals surface area contributed by atoms with Gasteiger partial charge in [0.25, 0.3) is 0 Å². The molecule has 1 fully saturated rings. The molecule has 0 aromatic heterocycles. The zero-order valence-corrected chi connectivity index (χ0v) is 10.3. The first-order valence-electron chi connectivity index (χ1n) is 6.43. The molecule has 1 atom stereocenters. The topological polar surface area (TPSA) is 21.3 Å². The Balaban J connectivity index is 2.12. The summed E-state index contributed by atoms with van der Waals surface area (Å²) >= 11 is 0. The van der Waals surface area contributed by atoms with Crippen LogP contribution in [0.5, 0.6) is 5.75 Å². The molecule has 2 nitrogen and oxygen atoms in total. The molecular weight excluding hydrogens is 217 g/mol. The fourth-order valence-corrected chi connectivity index (χ4v) is 2.26. The van der Waals surface area contributed by atoms with E-state index in [1.54, 1.807) is 6.07 Å². The van der Waals surface area contributed by atoms with Gasteiger partial charge < -0.3 is 10.1 Å². The number of piperidine rings is 1. The second-order valence-electron chi connectivity index (χ2n) is 4.61. The monoisotopic (exact) mass is 237 g/mol. The molecule has 0 amide bonds. The fraction of sp³-hybridized carbons (Fsp3) is 0.571. The van der Waals surface area contributed by atoms with E-state index in [1.165, 1.54) is 6.07 Å². The Morgan fingerprint density at radius 3 is 3.00 bits per heavy atom. The highest BCUT2D eigenvalue weighted by molar-refractivity contribution is 5.32. The lowest BCUT2D eigenvalue weighted by Crippen LogP contribution is -2.28. The van der Waals surface area contributed by atoms with Crippen molar-refractivity contribution in [3.8, 4) is 5.75 Å². The molecular formula is C14H20FNO. The lowest BCUT2D eigenvalue weighted by molar-refractivity contribution is 0.315. The minimum atomic E-state index is -0.195. The van der Waals surface area contributed by atoms with Crippen molar-refractivity contribution in [3.63, 3.8) is 0 Å². The molecule has 0 saturated carbocycles. The maximum Gasteiger partial charge on any atom is 0.127 e. The average Bonchev–Trinajstić information content (AvgIpc) is 2.37. The van der Waals surface area contributed by atoms with Crippen LogP contribution in [0, 0.1) is 5.82 Å². The summed E-state index contributed by atoms with van der Waals surface area (Å²) in [6.07, 6.45) is 3.23. The van der Waals surface area contributed by atoms with Gasteiger partial charge in [-0.05, 0) is 49.4 Å². The highest BCUT2D eigenvalue weighted by Gasteiger charge is 2.16. The van der Waals surface area contributed by atoms with Gasteiger partial charge in [0, 0.05) is 12.6 Å². The predicted octanol–water partition coefficient (Wildman–Crippen LogP) is 3.08. The molecule has 0 radical (unpaired) electrons. The van der Waals surface area contributed by atoms with Crippen LogP contribution < -0.4 is 10.1 Å². The van der Waals surface area contributed by atoms with Crippen LogP contribution in [0.25, 0.3) is 0 Å². The van der Waals surface area contributed by atoms with E-state index in [4.69, 9.17) is 4.74 Å². The molecule has 1 unspecified atom stereocenters. The molecule has 17 heavy (non-hydrogen) atoms. The molecule has 3 heteroatoms. The quantitative estimate of drug-likeness (QED) is 0.869. The first kappa shape index (κ1) is 12.4. The van der Waals surface area contributed by atoms with E-state index in [0.29, 0.717) is 18.3 Å². The van der Waals surface area contributed by atoms with Crippen molar-refractivity contribution < 1.29 is 9.13 Å². The van der Waals surface area contributed by atoms with Gasteiger partial charge >= 0.3 is 0 Å². The van der Waals surface area contributed by atoms with Crippen LogP contribution in [0.15, 0.2) is 18.2 Å². The van der Waals surface area contributed by atoms with Gasteiger partial charge in [0.2, 0.25) is 0 Å². The minimum Gasteiger partial charge on any atom is -0.493 e. The first-order chi connectivity index (χ1) is 8.29. The molecule has 0 aliphatic carbocycles. The third-order valence-corrected chi connectivity index (χ3v) is 3.13. The van der Waals surface area contributed by atoms with Gasteiger partial charge in [-0.1, -0.05) is 6.92 Å². The van der Waals surface area contributed by atoms with Crippen molar-refractivity contribution in [2.24, 2.45) is 0 Å². The number of hydrogen-bond acceptors (Lipinski definition) is 2. The SMILES string of the molecule is CCCOc1cc(F)cc(C2CCCNC2)c1. The van der Waals surface area contributed by atoms with Crippen molar-refractivity contribution in [2.75, 3.05) is 19.7 Å². The molecule has 1 aromatic carbocycles. The van der Waals surface area contributed by atoms with Crippen LogP contribution in [0.3, 0.4) is 0 Å². The molecule has 1 aliphatic heterocycles. The van der Waals surface area contributed by atoms with Crippen LogP contribution in [0.2, 0.25) is 0 Å². The maximum absolute atomic E-state index is 13.5. The van der Waals surface area contributed by atoms with Crippen LogP contribution in [0.1, 0.15) is 37.7 Å². The Bertz CT molecular complexity index is 361. The van der Waals surface area contributed by atoms with Gasteiger partial charge in [-0.15, -0.1) is 0 Å². The average molecular weight is 237 g/mol. The van der Waals surface area contributed by atoms with Crippen molar-refractivity contribution in [1.82, 2.24) is 5.32 Å². The summed E-state index contributed by atoms with van der Waals surface area (Å²) in [5.74, 6) is 0.884. The summed E-state index contributed by atoms with van der Waals surface area (Å²) in [5, 5.41) is 3.35. The van der Waals surface area contributed by atoms with E-state index in [2.05, 4.69) is 5.32 Å². The predicted molar refractivity (Wildman–Crippen MR) is 67.0 cm³/mol. The molecule has 94 valence electrons. The van der Waals surface area contributed by atoms with Gasteiger partial charge in [-0.2, -0.15) is 0 Å². The summed E-state index contributed by atoms with van der Waals surface area (Å²) < 4.78 is 19.0. The number of hydrogen-bond donors (Lipinski definition) is 1. The maximum atomic E-state index is 13.5. The molecule has 1 N–H and O–H groups in total. The molecule has 1 aromatic rings. The molecule has 2 rings (SSSR count). The highest BCUT2D eigenvalue weighted by atomic mass is 19.1. The largest absolute Gasteiger partial charge is 0.493 e. The Labute approximate surface area is 102 Å². The molecule has 1 saturated heterocycles. The van der Waals surface area contributed by atoms with Crippen molar-refractivity contribution in [3.05, 3.63) is 29.6 Å². The molecule has 0 spiro atoms. The van der Waals surface area contributed by atoms with Crippen LogP contribution in [-0.2, 0) is 0 Å². The number of benzene rings is 1. The summed E-state index contributed by atoms with van der Waals surface area (Å²) in [7, 11) is 0. The Kier molecular flexibility index (Phi) is 4.37. The third kappa shape index (κ3) is 3.43. The Morgan fingerprint density at radius 1 is 1.41 bits per heavy atom. The lowest BCUT2D eigenvalue weighted by Gasteiger charge is -2.23. The number of nitrogens with one attached hydrogen (secondary N) is 1. The van der Waals surface area contributed by atoms with E-state index in [-0.39, 0.29) is 5.82 Å². The van der Waals surface area contributed by atoms with E-state index in [0.717, 1.165) is 37.9 Å². The second-order valence-corrected chi connectivity index (χ2v) is 4.61. The van der Waals surface area contributed by atoms with E-state index in [1.807, 2.05) is 13.0 Å². The Morgan fingerprint density at radius 2 is 2.29 bits per heavy atom. The van der Waals surface area contributed by atoms with Crippen LogP contribution in [-0.4, -0.2) is 19.7 Å². The van der Waals surface area contributed by atoms with Crippen molar-refractivity contribution >= 4 is 0 Å². The van der Waals surface area contributed by atoms with Crippen molar-refractivity contribution in [1.29, 1.82) is 0 Å². The molecule has 0 bridgehead atoms. The summed E-state index contributed by atoms with van der Waals surface area (Å²) in [6.45, 7) is 4.71. The summed E-state index contributed by atoms with van der Waals surface area (Å²) in [4.78, 5) is 0. The number of rotatable bonds is 4. The number of ether oxygens (including phenoxy) is 1. The molecule has 1 heterocycles. The van der Waals surface area contributed by atoms with E-state index < -0.39 is 0 Å². The molecule has 1 aliphatic rings. The van der Waals surface area contributed by atoms with Gasteiger partial charge in [0.05, 0.1) is 6.61 Å². The third-order valence-electron chi connectivity index (χ3n) is 3.13. The highest BCUT2D eigenvalue weighted by Crippen LogP contribution is 2.27. The first-order valence-corrected chi connectivity index (χ1v) is 6.43. The normalized spacial score (nSPS) is 20.2. The van der Waals surface area contributed by atoms with Gasteiger partial charge in [0.15, 0.2) is 0 Å². The summed E-state index contributed by atoms with van der Waals surface area (Å²) in [5.41, 5.74) is 1.06. The summed E-state index contributed by atoms with van der Waals surface area (Å²) in [6, 6.07) is 5.09. The van der Waals surface area contributed by atoms with Gasteiger partial charge in [0.1, 0.15) is 11.6 Å².